The third-order valence-corrected chi connectivity index (χ3v) is 4.85. The highest BCUT2D eigenvalue weighted by Crippen LogP contribution is 2.34. The van der Waals surface area contributed by atoms with E-state index in [9.17, 15) is 14.0 Å². The highest BCUT2D eigenvalue weighted by Gasteiger charge is 2.33. The number of amides is 1. The van der Waals surface area contributed by atoms with Crippen molar-refractivity contribution in [2.24, 2.45) is 11.8 Å². The number of anilines is 1. The Kier molecular flexibility index (Phi) is 4.14. The minimum absolute atomic E-state index is 0.0661. The molecule has 1 aliphatic carbocycles. The summed E-state index contributed by atoms with van der Waals surface area (Å²) in [6.07, 6.45) is 4.02. The van der Waals surface area contributed by atoms with Gasteiger partial charge in [-0.1, -0.05) is 0 Å². The summed E-state index contributed by atoms with van der Waals surface area (Å²) in [5, 5.41) is 9.04. The smallest absolute Gasteiger partial charge is 0.306 e. The summed E-state index contributed by atoms with van der Waals surface area (Å²) in [6, 6.07) is 4.59. The van der Waals surface area contributed by atoms with Gasteiger partial charge >= 0.3 is 5.97 Å². The van der Waals surface area contributed by atoms with Crippen LogP contribution in [-0.2, 0) is 16.0 Å². The zero-order chi connectivity index (χ0) is 15.7. The predicted octanol–water partition coefficient (Wildman–Crippen LogP) is 3.00. The molecule has 4 nitrogen and oxygen atoms in total. The van der Waals surface area contributed by atoms with E-state index in [1.54, 1.807) is 11.0 Å². The Hall–Kier alpha value is -1.91. The van der Waals surface area contributed by atoms with Gasteiger partial charge in [0.25, 0.3) is 0 Å². The summed E-state index contributed by atoms with van der Waals surface area (Å²) in [5.74, 6) is -1.38. The van der Waals surface area contributed by atoms with Crippen LogP contribution in [0.3, 0.4) is 0 Å². The third kappa shape index (κ3) is 2.85. The Labute approximate surface area is 128 Å². The molecule has 0 bridgehead atoms. The number of halogens is 1. The Bertz CT molecular complexity index is 594. The molecule has 0 saturated heterocycles. The van der Waals surface area contributed by atoms with Crippen LogP contribution in [0.5, 0.6) is 0 Å². The van der Waals surface area contributed by atoms with Gasteiger partial charge < -0.3 is 10.0 Å². The Morgan fingerprint density at radius 2 is 1.82 bits per heavy atom. The predicted molar refractivity (Wildman–Crippen MR) is 80.2 cm³/mol. The first-order chi connectivity index (χ1) is 10.6. The summed E-state index contributed by atoms with van der Waals surface area (Å²) in [6.45, 7) is 0.663. The number of carbonyl (C=O) groups is 2. The molecule has 0 unspecified atom stereocenters. The number of aryl methyl sites for hydroxylation is 1. The Balaban J connectivity index is 1.73. The average molecular weight is 305 g/mol. The second-order valence-electron chi connectivity index (χ2n) is 6.25. The molecule has 1 saturated carbocycles. The number of aliphatic carboxylic acids is 1. The van der Waals surface area contributed by atoms with Gasteiger partial charge in [-0.15, -0.1) is 0 Å². The number of carboxylic acids is 1. The maximum Gasteiger partial charge on any atom is 0.306 e. The van der Waals surface area contributed by atoms with Crippen LogP contribution in [0.15, 0.2) is 18.2 Å². The van der Waals surface area contributed by atoms with Crippen molar-refractivity contribution in [2.45, 2.75) is 38.5 Å². The number of carboxylic acid groups (broad SMARTS) is 1. The molecular weight excluding hydrogens is 285 g/mol. The van der Waals surface area contributed by atoms with Crippen LogP contribution < -0.4 is 4.90 Å². The lowest BCUT2D eigenvalue weighted by Crippen LogP contribution is -2.41. The molecule has 5 heteroatoms. The van der Waals surface area contributed by atoms with Crippen LogP contribution in [0, 0.1) is 17.7 Å². The van der Waals surface area contributed by atoms with Gasteiger partial charge in [0.2, 0.25) is 5.91 Å². The second-order valence-corrected chi connectivity index (χ2v) is 6.25. The summed E-state index contributed by atoms with van der Waals surface area (Å²) in [7, 11) is 0. The van der Waals surface area contributed by atoms with E-state index in [1.165, 1.54) is 12.1 Å². The fourth-order valence-corrected chi connectivity index (χ4v) is 3.60. The lowest BCUT2D eigenvalue weighted by atomic mass is 9.81. The normalized spacial score (nSPS) is 24.7. The third-order valence-electron chi connectivity index (χ3n) is 4.85. The lowest BCUT2D eigenvalue weighted by molar-refractivity contribution is -0.144. The molecule has 0 aromatic heterocycles. The summed E-state index contributed by atoms with van der Waals surface area (Å²) in [5.41, 5.74) is 1.71. The number of nitrogens with zero attached hydrogens (tertiary/aromatic N) is 1. The molecule has 2 aliphatic rings. The van der Waals surface area contributed by atoms with E-state index in [1.807, 2.05) is 0 Å². The SMILES string of the molecule is O=C(O)C1CCC(C(=O)N2CCCc3cc(F)ccc32)CC1. The first kappa shape index (κ1) is 15.0. The van der Waals surface area contributed by atoms with Crippen LogP contribution in [0.2, 0.25) is 0 Å². The minimum atomic E-state index is -0.760. The van der Waals surface area contributed by atoms with Gasteiger partial charge in [-0.25, -0.2) is 4.39 Å². The van der Waals surface area contributed by atoms with Gasteiger partial charge in [0.15, 0.2) is 0 Å². The molecule has 0 atom stereocenters. The molecule has 0 spiro atoms. The van der Waals surface area contributed by atoms with E-state index in [-0.39, 0.29) is 23.6 Å². The van der Waals surface area contributed by atoms with Crippen LogP contribution in [-0.4, -0.2) is 23.5 Å². The highest BCUT2D eigenvalue weighted by atomic mass is 19.1. The van der Waals surface area contributed by atoms with E-state index in [4.69, 9.17) is 5.11 Å². The maximum absolute atomic E-state index is 13.3. The lowest BCUT2D eigenvalue weighted by Gasteiger charge is -2.34. The van der Waals surface area contributed by atoms with E-state index >= 15 is 0 Å². The van der Waals surface area contributed by atoms with E-state index in [2.05, 4.69) is 0 Å². The van der Waals surface area contributed by atoms with Crippen LogP contribution in [0.25, 0.3) is 0 Å². The van der Waals surface area contributed by atoms with Crippen molar-refractivity contribution in [1.29, 1.82) is 0 Å². The van der Waals surface area contributed by atoms with Crippen molar-refractivity contribution in [3.63, 3.8) is 0 Å². The zero-order valence-electron chi connectivity index (χ0n) is 12.4. The van der Waals surface area contributed by atoms with E-state index in [0.717, 1.165) is 24.1 Å². The Morgan fingerprint density at radius 3 is 2.50 bits per heavy atom. The minimum Gasteiger partial charge on any atom is -0.481 e. The van der Waals surface area contributed by atoms with Gasteiger partial charge in [-0.3, -0.25) is 9.59 Å². The molecule has 22 heavy (non-hydrogen) atoms. The van der Waals surface area contributed by atoms with Crippen molar-refractivity contribution < 1.29 is 19.1 Å². The molecule has 0 radical (unpaired) electrons. The van der Waals surface area contributed by atoms with Crippen LogP contribution in [0.1, 0.15) is 37.7 Å². The average Bonchev–Trinajstić information content (AvgIpc) is 2.53. The number of hydrogen-bond donors (Lipinski definition) is 1. The van der Waals surface area contributed by atoms with Gasteiger partial charge in [-0.05, 0) is 62.3 Å². The number of benzene rings is 1. The van der Waals surface area contributed by atoms with Gasteiger partial charge in [-0.2, -0.15) is 0 Å². The first-order valence-corrected chi connectivity index (χ1v) is 7.89. The molecule has 1 heterocycles. The molecule has 1 fully saturated rings. The van der Waals surface area contributed by atoms with Crippen molar-refractivity contribution in [2.75, 3.05) is 11.4 Å². The van der Waals surface area contributed by atoms with Crippen molar-refractivity contribution >= 4 is 17.6 Å². The highest BCUT2D eigenvalue weighted by molar-refractivity contribution is 5.96. The monoisotopic (exact) mass is 305 g/mol. The van der Waals surface area contributed by atoms with Gasteiger partial charge in [0, 0.05) is 18.2 Å². The number of carbonyl (C=O) groups excluding carboxylic acids is 1. The summed E-state index contributed by atoms with van der Waals surface area (Å²) < 4.78 is 13.3. The molecule has 3 rings (SSSR count). The van der Waals surface area contributed by atoms with E-state index in [0.29, 0.717) is 32.2 Å². The summed E-state index contributed by atoms with van der Waals surface area (Å²) in [4.78, 5) is 25.5. The first-order valence-electron chi connectivity index (χ1n) is 7.89. The number of rotatable bonds is 2. The fourth-order valence-electron chi connectivity index (χ4n) is 3.60. The topological polar surface area (TPSA) is 57.6 Å². The summed E-state index contributed by atoms with van der Waals surface area (Å²) >= 11 is 0. The molecule has 1 aromatic rings. The molecular formula is C17H20FNO3. The zero-order valence-corrected chi connectivity index (χ0v) is 12.4. The second kappa shape index (κ2) is 6.07. The van der Waals surface area contributed by atoms with Crippen LogP contribution in [0.4, 0.5) is 10.1 Å². The van der Waals surface area contributed by atoms with Crippen LogP contribution >= 0.6 is 0 Å². The maximum atomic E-state index is 13.3. The van der Waals surface area contributed by atoms with Crippen molar-refractivity contribution in [1.82, 2.24) is 0 Å². The van der Waals surface area contributed by atoms with E-state index < -0.39 is 5.97 Å². The standard InChI is InChI=1S/C17H20FNO3/c18-14-7-8-15-13(10-14)2-1-9-19(15)16(20)11-3-5-12(6-4-11)17(21)22/h7-8,10-12H,1-6,9H2,(H,21,22). The van der Waals surface area contributed by atoms with Gasteiger partial charge in [0.05, 0.1) is 5.92 Å². The molecule has 1 aromatic carbocycles. The fraction of sp³-hybridized carbons (Fsp3) is 0.529. The number of hydrogen-bond acceptors (Lipinski definition) is 2. The Morgan fingerprint density at radius 1 is 1.14 bits per heavy atom. The van der Waals surface area contributed by atoms with Gasteiger partial charge in [0.1, 0.15) is 5.82 Å². The van der Waals surface area contributed by atoms with Crippen molar-refractivity contribution in [3.05, 3.63) is 29.6 Å². The molecule has 1 aliphatic heterocycles. The largest absolute Gasteiger partial charge is 0.481 e. The van der Waals surface area contributed by atoms with Crippen molar-refractivity contribution in [3.8, 4) is 0 Å². The molecule has 1 amide bonds. The number of fused-ring (bicyclic) bond motifs is 1. The molecule has 1 N–H and O–H groups in total. The molecule has 118 valence electrons. The quantitative estimate of drug-likeness (QED) is 0.914.